The molecule has 4 aromatic rings. The van der Waals surface area contributed by atoms with Gasteiger partial charge in [0.05, 0.1) is 18.5 Å². The molecular formula is C18H19N7OS. The second-order valence-corrected chi connectivity index (χ2v) is 6.93. The van der Waals surface area contributed by atoms with Crippen LogP contribution in [0.4, 0.5) is 5.69 Å². The largest absolute Gasteiger partial charge is 0.497 e. The molecule has 9 heteroatoms. The Labute approximate surface area is 160 Å². The van der Waals surface area contributed by atoms with Crippen LogP contribution in [-0.2, 0) is 7.05 Å². The number of hydrogen-bond acceptors (Lipinski definition) is 7. The zero-order chi connectivity index (χ0) is 18.6. The van der Waals surface area contributed by atoms with Crippen LogP contribution in [0, 0.1) is 0 Å². The lowest BCUT2D eigenvalue weighted by Crippen LogP contribution is -2.08. The molecule has 0 aliphatic rings. The summed E-state index contributed by atoms with van der Waals surface area (Å²) in [5.41, 5.74) is 3.43. The van der Waals surface area contributed by atoms with Crippen LogP contribution >= 0.6 is 11.8 Å². The van der Waals surface area contributed by atoms with E-state index in [1.165, 1.54) is 0 Å². The standard InChI is InChI=1S/C18H19N7OS/c1-24-9-7-20-18(24)27-10-8-19-16-11-15(23-25-12-21-22-17(16)25)13-3-5-14(26-2)6-4-13/h3-7,9,11-12,19H,8,10H2,1-2H3. The Morgan fingerprint density at radius 2 is 2.07 bits per heavy atom. The van der Waals surface area contributed by atoms with Gasteiger partial charge >= 0.3 is 0 Å². The highest BCUT2D eigenvalue weighted by Crippen LogP contribution is 2.25. The minimum Gasteiger partial charge on any atom is -0.497 e. The molecule has 0 spiro atoms. The van der Waals surface area contributed by atoms with E-state index in [2.05, 4.69) is 25.6 Å². The van der Waals surface area contributed by atoms with E-state index in [0.717, 1.165) is 40.1 Å². The lowest BCUT2D eigenvalue weighted by Gasteiger charge is -2.10. The fourth-order valence-electron chi connectivity index (χ4n) is 2.68. The van der Waals surface area contributed by atoms with Gasteiger partial charge in [0.2, 0.25) is 5.65 Å². The molecule has 138 valence electrons. The number of imidazole rings is 1. The van der Waals surface area contributed by atoms with E-state index in [1.807, 2.05) is 48.1 Å². The lowest BCUT2D eigenvalue weighted by atomic mass is 10.1. The Balaban J connectivity index is 1.52. The summed E-state index contributed by atoms with van der Waals surface area (Å²) in [6.07, 6.45) is 5.36. The molecule has 8 nitrogen and oxygen atoms in total. The number of fused-ring (bicyclic) bond motifs is 1. The normalized spacial score (nSPS) is 11.0. The van der Waals surface area contributed by atoms with Crippen molar-refractivity contribution in [3.05, 3.63) is 49.1 Å². The highest BCUT2D eigenvalue weighted by Gasteiger charge is 2.10. The predicted octanol–water partition coefficient (Wildman–Crippen LogP) is 2.74. The Kier molecular flexibility index (Phi) is 4.93. The number of aromatic nitrogens is 6. The molecule has 3 aromatic heterocycles. The van der Waals surface area contributed by atoms with Crippen LogP contribution in [0.15, 0.2) is 54.2 Å². The monoisotopic (exact) mass is 381 g/mol. The van der Waals surface area contributed by atoms with Gasteiger partial charge in [-0.25, -0.2) is 4.98 Å². The number of nitrogens with one attached hydrogen (secondary N) is 1. The molecule has 0 unspecified atom stereocenters. The Morgan fingerprint density at radius 1 is 1.22 bits per heavy atom. The SMILES string of the molecule is COc1ccc(-c2cc(NCCSc3nccn3C)c3nncn3n2)cc1. The topological polar surface area (TPSA) is 82.2 Å². The number of aryl methyl sites for hydroxylation is 1. The summed E-state index contributed by atoms with van der Waals surface area (Å²) in [7, 11) is 3.65. The van der Waals surface area contributed by atoms with E-state index in [4.69, 9.17) is 4.74 Å². The number of rotatable bonds is 7. The minimum atomic E-state index is 0.703. The Bertz CT molecular complexity index is 1040. The van der Waals surface area contributed by atoms with Crippen molar-refractivity contribution in [3.8, 4) is 17.0 Å². The van der Waals surface area contributed by atoms with Crippen molar-refractivity contribution in [3.63, 3.8) is 0 Å². The van der Waals surface area contributed by atoms with Crippen LogP contribution in [0.5, 0.6) is 5.75 Å². The number of ether oxygens (including phenoxy) is 1. The predicted molar refractivity (Wildman–Crippen MR) is 105 cm³/mol. The van der Waals surface area contributed by atoms with Gasteiger partial charge in [-0.1, -0.05) is 11.8 Å². The average molecular weight is 381 g/mol. The Hall–Kier alpha value is -3.07. The highest BCUT2D eigenvalue weighted by molar-refractivity contribution is 7.99. The van der Waals surface area contributed by atoms with Crippen LogP contribution < -0.4 is 10.1 Å². The minimum absolute atomic E-state index is 0.703. The molecule has 0 radical (unpaired) electrons. The molecule has 0 atom stereocenters. The highest BCUT2D eigenvalue weighted by atomic mass is 32.2. The van der Waals surface area contributed by atoms with Crippen LogP contribution in [0.3, 0.4) is 0 Å². The summed E-state index contributed by atoms with van der Waals surface area (Å²) in [5.74, 6) is 1.69. The molecule has 1 aromatic carbocycles. The first-order chi connectivity index (χ1) is 13.2. The van der Waals surface area contributed by atoms with Crippen LogP contribution in [0.1, 0.15) is 0 Å². The number of methoxy groups -OCH3 is 1. The number of hydrogen-bond donors (Lipinski definition) is 1. The van der Waals surface area contributed by atoms with Gasteiger partial charge in [0, 0.05) is 37.3 Å². The van der Waals surface area contributed by atoms with Crippen molar-refractivity contribution in [2.45, 2.75) is 5.16 Å². The van der Waals surface area contributed by atoms with Crippen molar-refractivity contribution in [2.24, 2.45) is 7.05 Å². The number of thioether (sulfide) groups is 1. The van der Waals surface area contributed by atoms with Gasteiger partial charge in [0.25, 0.3) is 0 Å². The third-order valence-electron chi connectivity index (χ3n) is 4.08. The van der Waals surface area contributed by atoms with E-state index in [1.54, 1.807) is 35.9 Å². The second kappa shape index (κ2) is 7.67. The first-order valence-corrected chi connectivity index (χ1v) is 9.42. The summed E-state index contributed by atoms with van der Waals surface area (Å²) in [4.78, 5) is 4.32. The maximum atomic E-state index is 5.22. The van der Waals surface area contributed by atoms with Gasteiger partial charge in [0.15, 0.2) is 5.16 Å². The van der Waals surface area contributed by atoms with Gasteiger partial charge in [-0.15, -0.1) is 10.2 Å². The van der Waals surface area contributed by atoms with Crippen molar-refractivity contribution in [1.29, 1.82) is 0 Å². The Morgan fingerprint density at radius 3 is 2.81 bits per heavy atom. The van der Waals surface area contributed by atoms with Gasteiger partial charge in [0.1, 0.15) is 12.1 Å². The van der Waals surface area contributed by atoms with Crippen LogP contribution in [0.25, 0.3) is 16.9 Å². The lowest BCUT2D eigenvalue weighted by molar-refractivity contribution is 0.415. The second-order valence-electron chi connectivity index (χ2n) is 5.87. The number of nitrogens with zero attached hydrogens (tertiary/aromatic N) is 6. The zero-order valence-corrected chi connectivity index (χ0v) is 15.8. The fourth-order valence-corrected chi connectivity index (χ4v) is 3.47. The maximum Gasteiger partial charge on any atom is 0.200 e. The molecule has 0 aliphatic carbocycles. The van der Waals surface area contributed by atoms with E-state index < -0.39 is 0 Å². The molecule has 0 amide bonds. The van der Waals surface area contributed by atoms with E-state index in [0.29, 0.717) is 5.65 Å². The molecule has 0 bridgehead atoms. The van der Waals surface area contributed by atoms with Crippen molar-refractivity contribution < 1.29 is 4.74 Å². The first-order valence-electron chi connectivity index (χ1n) is 8.44. The summed E-state index contributed by atoms with van der Waals surface area (Å²) in [6.45, 7) is 0.770. The average Bonchev–Trinajstić information content (AvgIpc) is 3.34. The fraction of sp³-hybridized carbons (Fsp3) is 0.222. The molecule has 0 saturated carbocycles. The number of anilines is 1. The first kappa shape index (κ1) is 17.3. The molecule has 3 heterocycles. The smallest absolute Gasteiger partial charge is 0.200 e. The van der Waals surface area contributed by atoms with Gasteiger partial charge < -0.3 is 14.6 Å². The van der Waals surface area contributed by atoms with Gasteiger partial charge in [-0.05, 0) is 30.3 Å². The van der Waals surface area contributed by atoms with Crippen molar-refractivity contribution >= 4 is 23.1 Å². The zero-order valence-electron chi connectivity index (χ0n) is 15.0. The number of benzene rings is 1. The maximum absolute atomic E-state index is 5.22. The third kappa shape index (κ3) is 3.72. The van der Waals surface area contributed by atoms with Crippen molar-refractivity contribution in [2.75, 3.05) is 24.7 Å². The van der Waals surface area contributed by atoms with Crippen LogP contribution in [0.2, 0.25) is 0 Å². The van der Waals surface area contributed by atoms with Gasteiger partial charge in [-0.3, -0.25) is 0 Å². The van der Waals surface area contributed by atoms with Crippen molar-refractivity contribution in [1.82, 2.24) is 29.4 Å². The molecule has 27 heavy (non-hydrogen) atoms. The molecule has 1 N–H and O–H groups in total. The molecule has 0 fully saturated rings. The van der Waals surface area contributed by atoms with Gasteiger partial charge in [-0.2, -0.15) is 9.61 Å². The third-order valence-corrected chi connectivity index (χ3v) is 5.14. The molecular weight excluding hydrogens is 362 g/mol. The van der Waals surface area contributed by atoms with Crippen LogP contribution in [-0.4, -0.2) is 48.8 Å². The quantitative estimate of drug-likeness (QED) is 0.389. The summed E-state index contributed by atoms with van der Waals surface area (Å²) >= 11 is 1.70. The van der Waals surface area contributed by atoms with E-state index in [-0.39, 0.29) is 0 Å². The summed E-state index contributed by atoms with van der Waals surface area (Å²) in [6, 6.07) is 9.81. The molecule has 4 rings (SSSR count). The summed E-state index contributed by atoms with van der Waals surface area (Å²) in [5, 5.41) is 17.2. The molecule has 0 aliphatic heterocycles. The van der Waals surface area contributed by atoms with E-state index in [9.17, 15) is 0 Å². The summed E-state index contributed by atoms with van der Waals surface area (Å²) < 4.78 is 8.92. The van der Waals surface area contributed by atoms with E-state index >= 15 is 0 Å². The molecule has 0 saturated heterocycles.